The predicted octanol–water partition coefficient (Wildman–Crippen LogP) is 1.56. The summed E-state index contributed by atoms with van der Waals surface area (Å²) in [5.41, 5.74) is 1.92. The van der Waals surface area contributed by atoms with Gasteiger partial charge in [0.2, 0.25) is 5.91 Å². The molecule has 1 atom stereocenters. The van der Waals surface area contributed by atoms with Crippen molar-refractivity contribution in [3.8, 4) is 0 Å². The van der Waals surface area contributed by atoms with Crippen molar-refractivity contribution in [1.29, 1.82) is 0 Å². The van der Waals surface area contributed by atoms with Crippen LogP contribution in [0.2, 0.25) is 0 Å². The maximum absolute atomic E-state index is 12.0. The number of carbonyl (C=O) groups is 1. The lowest BCUT2D eigenvalue weighted by atomic mass is 10.1. The van der Waals surface area contributed by atoms with E-state index >= 15 is 0 Å². The summed E-state index contributed by atoms with van der Waals surface area (Å²) in [6.07, 6.45) is 0.745. The number of methoxy groups -OCH3 is 1. The summed E-state index contributed by atoms with van der Waals surface area (Å²) in [7, 11) is 1.65. The number of hydrogen-bond donors (Lipinski definition) is 2. The number of benzene rings is 1. The van der Waals surface area contributed by atoms with Gasteiger partial charge in [-0.1, -0.05) is 18.2 Å². The van der Waals surface area contributed by atoms with Crippen LogP contribution in [0.3, 0.4) is 0 Å². The highest BCUT2D eigenvalue weighted by atomic mass is 16.5. The van der Waals surface area contributed by atoms with E-state index in [1.807, 2.05) is 32.0 Å². The molecule has 98 valence electrons. The zero-order valence-electron chi connectivity index (χ0n) is 11.1. The van der Waals surface area contributed by atoms with E-state index in [2.05, 4.69) is 16.7 Å². The molecule has 18 heavy (non-hydrogen) atoms. The molecule has 1 unspecified atom stereocenters. The molecule has 0 aromatic heterocycles. The van der Waals surface area contributed by atoms with E-state index in [9.17, 15) is 4.79 Å². The highest BCUT2D eigenvalue weighted by Gasteiger charge is 2.27. The Labute approximate surface area is 108 Å². The molecule has 1 aromatic rings. The second-order valence-electron chi connectivity index (χ2n) is 5.24. The minimum absolute atomic E-state index is 0.0244. The van der Waals surface area contributed by atoms with E-state index in [1.54, 1.807) is 7.11 Å². The lowest BCUT2D eigenvalue weighted by molar-refractivity contribution is -0.123. The van der Waals surface area contributed by atoms with Gasteiger partial charge in [-0.2, -0.15) is 0 Å². The quantitative estimate of drug-likeness (QED) is 0.850. The summed E-state index contributed by atoms with van der Waals surface area (Å²) in [6, 6.07) is 7.85. The van der Waals surface area contributed by atoms with Gasteiger partial charge < -0.3 is 15.4 Å². The summed E-state index contributed by atoms with van der Waals surface area (Å²) >= 11 is 0. The minimum Gasteiger partial charge on any atom is -0.377 e. The molecular weight excluding hydrogens is 228 g/mol. The molecule has 0 fully saturated rings. The Balaban J connectivity index is 1.90. The summed E-state index contributed by atoms with van der Waals surface area (Å²) < 4.78 is 5.28. The topological polar surface area (TPSA) is 50.4 Å². The van der Waals surface area contributed by atoms with Gasteiger partial charge in [0.15, 0.2) is 0 Å². The molecule has 0 radical (unpaired) electrons. The maximum Gasteiger partial charge on any atom is 0.242 e. The fourth-order valence-electron chi connectivity index (χ4n) is 1.95. The average Bonchev–Trinajstić information content (AvgIpc) is 2.80. The van der Waals surface area contributed by atoms with Crippen LogP contribution < -0.4 is 10.6 Å². The third-order valence-corrected chi connectivity index (χ3v) is 3.33. The summed E-state index contributed by atoms with van der Waals surface area (Å²) in [4.78, 5) is 12.0. The first-order chi connectivity index (χ1) is 8.52. The number of amides is 1. The molecule has 1 aromatic carbocycles. The molecule has 1 amide bonds. The lowest BCUT2D eigenvalue weighted by Gasteiger charge is -2.24. The number of ether oxygens (including phenoxy) is 1. The SMILES string of the molecule is COC(C)(C)CNC(=O)C1Cc2ccccc2N1. The van der Waals surface area contributed by atoms with Crippen molar-refractivity contribution in [2.45, 2.75) is 31.9 Å². The Morgan fingerprint density at radius 3 is 2.89 bits per heavy atom. The average molecular weight is 248 g/mol. The molecular formula is C14H20N2O2. The Kier molecular flexibility index (Phi) is 3.57. The smallest absolute Gasteiger partial charge is 0.242 e. The molecule has 1 aliphatic heterocycles. The van der Waals surface area contributed by atoms with Crippen molar-refractivity contribution in [2.24, 2.45) is 0 Å². The zero-order valence-corrected chi connectivity index (χ0v) is 11.1. The van der Waals surface area contributed by atoms with Crippen molar-refractivity contribution in [3.05, 3.63) is 29.8 Å². The first-order valence-corrected chi connectivity index (χ1v) is 6.19. The van der Waals surface area contributed by atoms with Gasteiger partial charge in [-0.15, -0.1) is 0 Å². The van der Waals surface area contributed by atoms with Crippen LogP contribution in [-0.4, -0.2) is 31.2 Å². The highest BCUT2D eigenvalue weighted by molar-refractivity contribution is 5.87. The van der Waals surface area contributed by atoms with Crippen LogP contribution in [0, 0.1) is 0 Å². The summed E-state index contributed by atoms with van der Waals surface area (Å²) in [5.74, 6) is 0.0244. The van der Waals surface area contributed by atoms with Gasteiger partial charge >= 0.3 is 0 Å². The molecule has 4 heteroatoms. The maximum atomic E-state index is 12.0. The second kappa shape index (κ2) is 4.98. The molecule has 1 aliphatic rings. The van der Waals surface area contributed by atoms with Crippen LogP contribution in [0.25, 0.3) is 0 Å². The summed E-state index contributed by atoms with van der Waals surface area (Å²) in [6.45, 7) is 4.41. The number of hydrogen-bond acceptors (Lipinski definition) is 3. The molecule has 2 rings (SSSR count). The molecule has 0 bridgehead atoms. The fraction of sp³-hybridized carbons (Fsp3) is 0.500. The second-order valence-corrected chi connectivity index (χ2v) is 5.24. The Morgan fingerprint density at radius 2 is 2.22 bits per heavy atom. The number of para-hydroxylation sites is 1. The van der Waals surface area contributed by atoms with Crippen LogP contribution >= 0.6 is 0 Å². The zero-order chi connectivity index (χ0) is 13.2. The molecule has 0 aliphatic carbocycles. The lowest BCUT2D eigenvalue weighted by Crippen LogP contribution is -2.45. The molecule has 0 spiro atoms. The first kappa shape index (κ1) is 12.9. The third-order valence-electron chi connectivity index (χ3n) is 3.33. The number of carbonyl (C=O) groups excluding carboxylic acids is 1. The number of nitrogens with one attached hydrogen (secondary N) is 2. The number of rotatable bonds is 4. The van der Waals surface area contributed by atoms with Crippen LogP contribution in [-0.2, 0) is 16.0 Å². The standard InChI is InChI=1S/C14H20N2O2/c1-14(2,18-3)9-15-13(17)12-8-10-6-4-5-7-11(10)16-12/h4-7,12,16H,8-9H2,1-3H3,(H,15,17). The van der Waals surface area contributed by atoms with Gasteiger partial charge in [-0.25, -0.2) is 0 Å². The molecule has 2 N–H and O–H groups in total. The van der Waals surface area contributed by atoms with E-state index in [-0.39, 0.29) is 17.6 Å². The van der Waals surface area contributed by atoms with Crippen molar-refractivity contribution in [1.82, 2.24) is 5.32 Å². The Hall–Kier alpha value is -1.55. The van der Waals surface area contributed by atoms with Crippen molar-refractivity contribution < 1.29 is 9.53 Å². The number of fused-ring (bicyclic) bond motifs is 1. The fourth-order valence-corrected chi connectivity index (χ4v) is 1.95. The predicted molar refractivity (Wildman–Crippen MR) is 71.7 cm³/mol. The van der Waals surface area contributed by atoms with Crippen LogP contribution in [0.15, 0.2) is 24.3 Å². The van der Waals surface area contributed by atoms with Gasteiger partial charge in [0, 0.05) is 25.8 Å². The van der Waals surface area contributed by atoms with Crippen LogP contribution in [0.5, 0.6) is 0 Å². The summed E-state index contributed by atoms with van der Waals surface area (Å²) in [5, 5.41) is 6.16. The van der Waals surface area contributed by atoms with E-state index < -0.39 is 0 Å². The van der Waals surface area contributed by atoms with Crippen LogP contribution in [0.4, 0.5) is 5.69 Å². The van der Waals surface area contributed by atoms with Gasteiger partial charge in [0.05, 0.1) is 5.60 Å². The van der Waals surface area contributed by atoms with E-state index in [4.69, 9.17) is 4.74 Å². The van der Waals surface area contributed by atoms with Crippen molar-refractivity contribution >= 4 is 11.6 Å². The highest BCUT2D eigenvalue weighted by Crippen LogP contribution is 2.25. The molecule has 0 saturated heterocycles. The monoisotopic (exact) mass is 248 g/mol. The van der Waals surface area contributed by atoms with Crippen molar-refractivity contribution in [3.63, 3.8) is 0 Å². The molecule has 0 saturated carbocycles. The van der Waals surface area contributed by atoms with Gasteiger partial charge in [-0.3, -0.25) is 4.79 Å². The molecule has 1 heterocycles. The van der Waals surface area contributed by atoms with Crippen molar-refractivity contribution in [2.75, 3.05) is 19.0 Å². The largest absolute Gasteiger partial charge is 0.377 e. The van der Waals surface area contributed by atoms with E-state index in [0.29, 0.717) is 6.54 Å². The van der Waals surface area contributed by atoms with Crippen LogP contribution in [0.1, 0.15) is 19.4 Å². The van der Waals surface area contributed by atoms with Gasteiger partial charge in [-0.05, 0) is 25.5 Å². The first-order valence-electron chi connectivity index (χ1n) is 6.19. The third kappa shape index (κ3) is 2.82. The van der Waals surface area contributed by atoms with Gasteiger partial charge in [0.1, 0.15) is 6.04 Å². The normalized spacial score (nSPS) is 18.1. The van der Waals surface area contributed by atoms with E-state index in [0.717, 1.165) is 12.1 Å². The van der Waals surface area contributed by atoms with Gasteiger partial charge in [0.25, 0.3) is 0 Å². The Morgan fingerprint density at radius 1 is 1.50 bits per heavy atom. The van der Waals surface area contributed by atoms with E-state index in [1.165, 1.54) is 5.56 Å². The number of anilines is 1. The Bertz CT molecular complexity index is 418. The molecule has 4 nitrogen and oxygen atoms in total. The minimum atomic E-state index is -0.332.